The first-order chi connectivity index (χ1) is 61.8. The molecule has 7 aliphatic heterocycles. The quantitative estimate of drug-likeness (QED) is 0.0216. The number of aliphatic hydroxyl groups is 1. The second-order valence-electron chi connectivity index (χ2n) is 36.8. The molecule has 7 aliphatic rings. The highest BCUT2D eigenvalue weighted by Gasteiger charge is 2.53. The minimum Gasteiger partial charge on any atom is -0.497 e. The molecule has 0 spiro atoms. The summed E-state index contributed by atoms with van der Waals surface area (Å²) >= 11 is 26.5. The topological polar surface area (TPSA) is 371 Å². The molecule has 0 radical (unpaired) electrons. The molecule has 30 nitrogen and oxygen atoms in total. The number of nitrogens with one attached hydrogen (secondary N) is 2. The molecular formula is C92H119BBrCl3FN13O17S4. The molecule has 8 aromatic rings. The van der Waals surface area contributed by atoms with Crippen molar-refractivity contribution in [2.75, 3.05) is 71.6 Å². The summed E-state index contributed by atoms with van der Waals surface area (Å²) in [6.45, 7) is 41.5. The highest BCUT2D eigenvalue weighted by Crippen LogP contribution is 2.42. The number of anilines is 1. The number of carbonyl (C=O) groups is 8. The first-order valence-corrected chi connectivity index (χ1v) is 48.9. The average Bonchev–Trinajstić information content (AvgIpc) is 1.60. The zero-order valence-corrected chi connectivity index (χ0v) is 85.6. The van der Waals surface area contributed by atoms with Crippen LogP contribution in [-0.4, -0.2) is 240 Å². The molecule has 0 bridgehead atoms. The molecule has 3 unspecified atom stereocenters. The Morgan fingerprint density at radius 2 is 0.970 bits per heavy atom. The first-order valence-electron chi connectivity index (χ1n) is 43.7. The van der Waals surface area contributed by atoms with E-state index in [0.29, 0.717) is 104 Å². The summed E-state index contributed by atoms with van der Waals surface area (Å²) in [5.74, 6) is -1.93. The van der Waals surface area contributed by atoms with E-state index in [1.807, 2.05) is 135 Å². The van der Waals surface area contributed by atoms with E-state index in [0.717, 1.165) is 111 Å². The summed E-state index contributed by atoms with van der Waals surface area (Å²) in [6.07, 6.45) is 11.7. The van der Waals surface area contributed by atoms with Crippen LogP contribution in [0, 0.1) is 26.6 Å². The van der Waals surface area contributed by atoms with Crippen molar-refractivity contribution in [1.82, 2.24) is 54.8 Å². The molecular weight excluding hydrogens is 1900 g/mol. The first kappa shape index (κ1) is 106. The van der Waals surface area contributed by atoms with Crippen LogP contribution < -0.4 is 25.9 Å². The van der Waals surface area contributed by atoms with Gasteiger partial charge in [-0.15, -0.1) is 45.3 Å². The SMILES string of the molecule is CC(C(=O)OC(C)(C)C)N1CCc2sc(B3OC(C)(C)C(C)(C)O3)cc2C1=O.CC(C(=O)OC(C)(C)C)N1CCc2sc(Br)cc2C1=O.COc1cc(F)cc([C@@H](CO)NC(=O)[C@@H](C)N2CCc3sc(-c4nc(NC5CCOCC5)ncc4C)cc3C2=O)c1.Cc1cnc(Cl)nc1-c1cc2c(s1)CCN(C(C)C(=O)OC(C)(C)C)C2=O.Cc1cnc(Cl)nc1Cl.NC1CCOCC1. The van der Waals surface area contributed by atoms with Gasteiger partial charge in [-0.1, -0.05) is 11.6 Å². The molecule has 15 rings (SSSR count). The van der Waals surface area contributed by atoms with E-state index in [9.17, 15) is 47.9 Å². The number of thiophene rings is 4. The number of esters is 3. The van der Waals surface area contributed by atoms with Crippen LogP contribution in [0.15, 0.2) is 64.8 Å². The number of aromatic nitrogens is 6. The number of ether oxygens (including phenoxy) is 6. The molecule has 3 saturated heterocycles. The predicted molar refractivity (Wildman–Crippen MR) is 515 cm³/mol. The smallest absolute Gasteiger partial charge is 0.497 e. The van der Waals surface area contributed by atoms with E-state index in [-0.39, 0.29) is 57.9 Å². The number of nitrogens with two attached hydrogens (primary N) is 1. The molecule has 0 aliphatic carbocycles. The Labute approximate surface area is 810 Å². The third kappa shape index (κ3) is 27.8. The van der Waals surface area contributed by atoms with Gasteiger partial charge in [0.25, 0.3) is 23.6 Å². The minimum atomic E-state index is -0.859. The van der Waals surface area contributed by atoms with Gasteiger partial charge in [-0.2, -0.15) is 0 Å². The van der Waals surface area contributed by atoms with Crippen molar-refractivity contribution in [1.29, 1.82) is 0 Å². The lowest BCUT2D eigenvalue weighted by Crippen LogP contribution is -2.51. The van der Waals surface area contributed by atoms with Crippen LogP contribution >= 0.6 is 96.1 Å². The number of aliphatic hydroxyl groups excluding tert-OH is 1. The number of aryl methyl sites for hydroxylation is 3. The number of fused-ring (bicyclic) bond motifs is 4. The number of hydrogen-bond acceptors (Lipinski definition) is 29. The van der Waals surface area contributed by atoms with Crippen LogP contribution in [0.5, 0.6) is 5.75 Å². The second-order valence-corrected chi connectivity index (χ2v) is 43.8. The molecule has 1 aromatic carbocycles. The summed E-state index contributed by atoms with van der Waals surface area (Å²) in [4.78, 5) is 139. The average molecular weight is 2020 g/mol. The normalized spacial score (nSPS) is 17.7. The molecule has 0 saturated carbocycles. The molecule has 5 N–H and O–H groups in total. The van der Waals surface area contributed by atoms with Crippen molar-refractivity contribution in [2.24, 2.45) is 5.73 Å². The molecule has 40 heteroatoms. The van der Waals surface area contributed by atoms with E-state index in [1.165, 1.54) is 46.8 Å². The Bertz CT molecular complexity index is 5460. The molecule has 5 amide bonds. The van der Waals surface area contributed by atoms with Gasteiger partial charge in [-0.3, -0.25) is 24.0 Å². The molecule has 7 aromatic heterocycles. The monoisotopic (exact) mass is 2020 g/mol. The number of rotatable bonds is 17. The van der Waals surface area contributed by atoms with Gasteiger partial charge < -0.3 is 78.8 Å². The van der Waals surface area contributed by atoms with E-state index in [4.69, 9.17) is 83.3 Å². The van der Waals surface area contributed by atoms with Crippen LogP contribution in [0.25, 0.3) is 21.1 Å². The number of methoxy groups -OCH3 is 1. The summed E-state index contributed by atoms with van der Waals surface area (Å²) in [5, 5.41) is 16.8. The van der Waals surface area contributed by atoms with Gasteiger partial charge in [-0.25, -0.2) is 48.7 Å². The van der Waals surface area contributed by atoms with Crippen molar-refractivity contribution in [3.63, 3.8) is 0 Å². The lowest BCUT2D eigenvalue weighted by atomic mass is 9.87. The molecule has 3 fully saturated rings. The lowest BCUT2D eigenvalue weighted by molar-refractivity contribution is -0.160. The Balaban J connectivity index is 0.000000176. The van der Waals surface area contributed by atoms with Gasteiger partial charge in [0.1, 0.15) is 57.7 Å². The number of amides is 5. The van der Waals surface area contributed by atoms with Crippen molar-refractivity contribution < 1.29 is 85.6 Å². The lowest BCUT2D eigenvalue weighted by Gasteiger charge is -2.32. The summed E-state index contributed by atoms with van der Waals surface area (Å²) in [5.41, 5.74) is 10.00. The number of halogens is 5. The van der Waals surface area contributed by atoms with Gasteiger partial charge in [0.15, 0.2) is 0 Å². The van der Waals surface area contributed by atoms with Crippen molar-refractivity contribution in [2.45, 2.75) is 260 Å². The maximum atomic E-state index is 14.0. The van der Waals surface area contributed by atoms with Crippen LogP contribution in [0.4, 0.5) is 10.3 Å². The third-order valence-electron chi connectivity index (χ3n) is 22.6. The van der Waals surface area contributed by atoms with E-state index < -0.39 is 89.6 Å². The fraction of sp³-hybridized carbons (Fsp3) is 0.543. The second kappa shape index (κ2) is 45.1. The number of carbonyl (C=O) groups excluding carboxylic acids is 8. The van der Waals surface area contributed by atoms with Crippen LogP contribution in [-0.2, 0) is 77.9 Å². The van der Waals surface area contributed by atoms with Gasteiger partial charge in [0, 0.05) is 145 Å². The van der Waals surface area contributed by atoms with Gasteiger partial charge in [-0.05, 0) is 256 Å². The minimum absolute atomic E-state index is 0.0911. The van der Waals surface area contributed by atoms with Gasteiger partial charge in [0.2, 0.25) is 22.4 Å². The number of nitrogens with zero attached hydrogens (tertiary/aromatic N) is 10. The van der Waals surface area contributed by atoms with Gasteiger partial charge >= 0.3 is 25.0 Å². The largest absolute Gasteiger partial charge is 0.505 e. The molecule has 5 atom stereocenters. The Morgan fingerprint density at radius 3 is 1.39 bits per heavy atom. The summed E-state index contributed by atoms with van der Waals surface area (Å²) in [7, 11) is 0.930. The molecule has 716 valence electrons. The predicted octanol–water partition coefficient (Wildman–Crippen LogP) is 15.6. The molecule has 14 heterocycles. The maximum Gasteiger partial charge on any atom is 0.505 e. The highest BCUT2D eigenvalue weighted by atomic mass is 79.9. The Kier molecular flexibility index (Phi) is 36.2. The Hall–Kier alpha value is -8.28. The standard InChI is InChI=1S/C29H34FN5O5S.C20H30BNO5S.C19H22ClN3O3S.C14H18BrNO3S.C5H4Cl2N2.C5H11NO/c1-16-14-31-29(32-20-5-8-40-9-6-20)34-26(16)25-13-22-24(41-25)4-7-35(28(22)38)17(2)27(37)33-23(15-36)18-10-19(30)12-21(11-18)39-3;1-12(17(24)25-18(2,3)4)22-10-9-14-13(16(22)23)11-15(28-14)21-26-19(5,6)20(7,8)27-21;1-10-9-21-18(20)22-15(10)14-8-12-13(27-14)6-7-23(16(12)24)11(2)17(25)26-19(3,4)5;1-8(13(18)19-14(2,3)4)16-6-5-10-9(12(16)17)7-11(15)20-10;1-3-2-8-5(7)9-4(3)6;6-5-1-3-7-4-2-5/h10-14,17,20,23,36H,4-9,15H2,1-3H3,(H,33,37)(H,31,32,34);11-12H,9-10H2,1-8H3;8-9,11H,6-7H2,1-5H3;7-8H,5-6H2,1-4H3;2H,1H3;5H,1-4,6H2/t17-,23-;;;;;/m1...../s1. The van der Waals surface area contributed by atoms with Crippen molar-refractivity contribution in [3.8, 4) is 26.9 Å². The number of hydrogen-bond donors (Lipinski definition) is 4. The highest BCUT2D eigenvalue weighted by molar-refractivity contribution is 9.11. The van der Waals surface area contributed by atoms with E-state index in [1.54, 1.807) is 89.7 Å². The fourth-order valence-corrected chi connectivity index (χ4v) is 20.2. The van der Waals surface area contributed by atoms with E-state index >= 15 is 0 Å². The van der Waals surface area contributed by atoms with Gasteiger partial charge in [0.05, 0.1) is 78.1 Å². The number of benzene rings is 1. The molecule has 132 heavy (non-hydrogen) atoms. The van der Waals surface area contributed by atoms with Crippen LogP contribution in [0.3, 0.4) is 0 Å². The zero-order valence-electron chi connectivity index (χ0n) is 78.5. The van der Waals surface area contributed by atoms with Crippen molar-refractivity contribution in [3.05, 3.63) is 150 Å². The van der Waals surface area contributed by atoms with E-state index in [2.05, 4.69) is 51.5 Å². The third-order valence-corrected chi connectivity index (χ3v) is 28.7. The Morgan fingerprint density at radius 1 is 0.568 bits per heavy atom. The van der Waals surface area contributed by atoms with Crippen molar-refractivity contribution >= 4 is 161 Å². The maximum absolute atomic E-state index is 14.0. The fourth-order valence-electron chi connectivity index (χ4n) is 14.6. The van der Waals surface area contributed by atoms with Crippen LogP contribution in [0.1, 0.15) is 233 Å². The zero-order chi connectivity index (χ0) is 97.1. The van der Waals surface area contributed by atoms with Crippen LogP contribution in [0.2, 0.25) is 15.7 Å². The summed E-state index contributed by atoms with van der Waals surface area (Å²) < 4.78 is 59.9. The summed E-state index contributed by atoms with van der Waals surface area (Å²) in [6, 6.07) is 8.56.